The molecule has 0 fully saturated rings. The molecule has 194 valence electrons. The SMILES string of the molecule is CC/C=C/C/C=C/C/C=C/C/C=C/C/C=C/C/C=C/CCC(=O)NC(CCCN=C(N)N)C(=O)O. The quantitative estimate of drug-likeness (QED) is 0.0827. The van der Waals surface area contributed by atoms with Crippen LogP contribution in [0.3, 0.4) is 0 Å². The first-order chi connectivity index (χ1) is 17.0. The molecule has 7 nitrogen and oxygen atoms in total. The first-order valence-corrected chi connectivity index (χ1v) is 12.4. The second-order valence-electron chi connectivity index (χ2n) is 7.86. The second-order valence-corrected chi connectivity index (χ2v) is 7.86. The Bertz CT molecular complexity index is 773. The highest BCUT2D eigenvalue weighted by Gasteiger charge is 2.18. The molecule has 0 aromatic carbocycles. The van der Waals surface area contributed by atoms with Crippen molar-refractivity contribution in [1.82, 2.24) is 5.32 Å². The van der Waals surface area contributed by atoms with E-state index in [-0.39, 0.29) is 24.7 Å². The van der Waals surface area contributed by atoms with E-state index in [1.165, 1.54) is 0 Å². The number of nitrogens with two attached hydrogens (primary N) is 2. The molecule has 0 aliphatic rings. The molecule has 0 spiro atoms. The van der Waals surface area contributed by atoms with Crippen molar-refractivity contribution in [3.05, 3.63) is 72.9 Å². The molecule has 1 unspecified atom stereocenters. The number of carbonyl (C=O) groups is 2. The normalized spacial score (nSPS) is 13.2. The van der Waals surface area contributed by atoms with Gasteiger partial charge in [-0.05, 0) is 57.8 Å². The molecule has 0 aliphatic heterocycles. The smallest absolute Gasteiger partial charge is 0.326 e. The third-order valence-electron chi connectivity index (χ3n) is 4.71. The van der Waals surface area contributed by atoms with Crippen LogP contribution in [-0.2, 0) is 9.59 Å². The molecule has 0 aromatic rings. The van der Waals surface area contributed by atoms with E-state index in [0.717, 1.165) is 38.5 Å². The Labute approximate surface area is 211 Å². The topological polar surface area (TPSA) is 131 Å². The van der Waals surface area contributed by atoms with E-state index in [0.29, 0.717) is 19.4 Å². The van der Waals surface area contributed by atoms with Gasteiger partial charge < -0.3 is 21.9 Å². The van der Waals surface area contributed by atoms with E-state index in [4.69, 9.17) is 11.5 Å². The van der Waals surface area contributed by atoms with Gasteiger partial charge in [-0.2, -0.15) is 0 Å². The summed E-state index contributed by atoms with van der Waals surface area (Å²) < 4.78 is 0. The number of nitrogens with zero attached hydrogens (tertiary/aromatic N) is 1. The first-order valence-electron chi connectivity index (χ1n) is 12.4. The fourth-order valence-corrected chi connectivity index (χ4v) is 2.88. The maximum atomic E-state index is 12.0. The molecule has 7 heteroatoms. The molecule has 1 atom stereocenters. The summed E-state index contributed by atoms with van der Waals surface area (Å²) in [6.45, 7) is 2.47. The Morgan fingerprint density at radius 1 is 0.800 bits per heavy atom. The van der Waals surface area contributed by atoms with Crippen molar-refractivity contribution >= 4 is 17.8 Å². The van der Waals surface area contributed by atoms with Gasteiger partial charge in [0.05, 0.1) is 0 Å². The van der Waals surface area contributed by atoms with Crippen LogP contribution >= 0.6 is 0 Å². The average molecular weight is 485 g/mol. The van der Waals surface area contributed by atoms with Crippen LogP contribution < -0.4 is 16.8 Å². The molecule has 0 heterocycles. The number of aliphatic carboxylic acids is 1. The molecule has 0 bridgehead atoms. The predicted molar refractivity (Wildman–Crippen MR) is 147 cm³/mol. The number of allylic oxidation sites excluding steroid dienone is 12. The zero-order chi connectivity index (χ0) is 26.0. The fraction of sp³-hybridized carbons (Fsp3) is 0.464. The lowest BCUT2D eigenvalue weighted by Crippen LogP contribution is -2.40. The number of hydrogen-bond acceptors (Lipinski definition) is 3. The van der Waals surface area contributed by atoms with Crippen molar-refractivity contribution in [2.45, 2.75) is 77.2 Å². The number of carbonyl (C=O) groups excluding carboxylic acids is 1. The number of aliphatic imine (C=N–C) groups is 1. The molecule has 0 aromatic heterocycles. The lowest BCUT2D eigenvalue weighted by molar-refractivity contribution is -0.142. The highest BCUT2D eigenvalue weighted by atomic mass is 16.4. The number of rotatable bonds is 20. The van der Waals surface area contributed by atoms with Crippen molar-refractivity contribution in [1.29, 1.82) is 0 Å². The van der Waals surface area contributed by atoms with Crippen LogP contribution in [0.25, 0.3) is 0 Å². The van der Waals surface area contributed by atoms with Crippen LogP contribution in [0.1, 0.15) is 71.1 Å². The Morgan fingerprint density at radius 3 is 1.69 bits per heavy atom. The largest absolute Gasteiger partial charge is 0.480 e. The summed E-state index contributed by atoms with van der Waals surface area (Å²) in [6.07, 6.45) is 32.9. The molecule has 35 heavy (non-hydrogen) atoms. The third-order valence-corrected chi connectivity index (χ3v) is 4.71. The van der Waals surface area contributed by atoms with E-state index in [2.05, 4.69) is 78.0 Å². The van der Waals surface area contributed by atoms with Crippen LogP contribution in [0.2, 0.25) is 0 Å². The van der Waals surface area contributed by atoms with Crippen LogP contribution in [0, 0.1) is 0 Å². The summed E-state index contributed by atoms with van der Waals surface area (Å²) in [6, 6.07) is -0.929. The Kier molecular flexibility index (Phi) is 21.5. The number of amides is 1. The minimum atomic E-state index is -1.06. The van der Waals surface area contributed by atoms with E-state index < -0.39 is 12.0 Å². The number of hydrogen-bond donors (Lipinski definition) is 4. The molecule has 0 saturated carbocycles. The Morgan fingerprint density at radius 2 is 1.26 bits per heavy atom. The van der Waals surface area contributed by atoms with Gasteiger partial charge in [0.2, 0.25) is 5.91 Å². The van der Waals surface area contributed by atoms with Gasteiger partial charge in [-0.3, -0.25) is 9.79 Å². The van der Waals surface area contributed by atoms with Crippen molar-refractivity contribution in [3.8, 4) is 0 Å². The van der Waals surface area contributed by atoms with Crippen LogP contribution in [0.15, 0.2) is 77.9 Å². The number of carboxylic acid groups (broad SMARTS) is 1. The monoisotopic (exact) mass is 484 g/mol. The van der Waals surface area contributed by atoms with Crippen molar-refractivity contribution in [2.24, 2.45) is 16.5 Å². The van der Waals surface area contributed by atoms with Crippen LogP contribution in [0.5, 0.6) is 0 Å². The molecule has 0 radical (unpaired) electrons. The van der Waals surface area contributed by atoms with Gasteiger partial charge in [-0.15, -0.1) is 0 Å². The van der Waals surface area contributed by atoms with Gasteiger partial charge in [0.15, 0.2) is 5.96 Å². The first kappa shape index (κ1) is 31.6. The zero-order valence-corrected chi connectivity index (χ0v) is 21.1. The summed E-state index contributed by atoms with van der Waals surface area (Å²) in [7, 11) is 0. The fourth-order valence-electron chi connectivity index (χ4n) is 2.88. The van der Waals surface area contributed by atoms with Gasteiger partial charge in [-0.25, -0.2) is 4.79 Å². The van der Waals surface area contributed by atoms with E-state index in [1.807, 2.05) is 12.2 Å². The van der Waals surface area contributed by atoms with E-state index >= 15 is 0 Å². The van der Waals surface area contributed by atoms with E-state index in [1.54, 1.807) is 0 Å². The van der Waals surface area contributed by atoms with E-state index in [9.17, 15) is 14.7 Å². The molecule has 1 amide bonds. The molecular formula is C28H44N4O3. The van der Waals surface area contributed by atoms with Gasteiger partial charge in [0.1, 0.15) is 6.04 Å². The lowest BCUT2D eigenvalue weighted by atomic mass is 10.1. The predicted octanol–water partition coefficient (Wildman–Crippen LogP) is 5.09. The number of carboxylic acids is 1. The Balaban J connectivity index is 3.87. The summed E-state index contributed by atoms with van der Waals surface area (Å²) in [5, 5.41) is 11.8. The minimum absolute atomic E-state index is 0.0303. The minimum Gasteiger partial charge on any atom is -0.480 e. The Hall–Kier alpha value is -3.35. The maximum Gasteiger partial charge on any atom is 0.326 e. The van der Waals surface area contributed by atoms with Crippen LogP contribution in [0.4, 0.5) is 0 Å². The lowest BCUT2D eigenvalue weighted by Gasteiger charge is -2.13. The zero-order valence-electron chi connectivity index (χ0n) is 21.1. The summed E-state index contributed by atoms with van der Waals surface area (Å²) in [5.41, 5.74) is 10.5. The average Bonchev–Trinajstić information content (AvgIpc) is 2.82. The highest BCUT2D eigenvalue weighted by molar-refractivity contribution is 5.83. The van der Waals surface area contributed by atoms with Gasteiger partial charge in [0, 0.05) is 13.0 Å². The molecule has 0 aliphatic carbocycles. The van der Waals surface area contributed by atoms with Crippen molar-refractivity contribution in [3.63, 3.8) is 0 Å². The molecular weight excluding hydrogens is 440 g/mol. The summed E-state index contributed by atoms with van der Waals surface area (Å²) in [4.78, 5) is 27.1. The highest BCUT2D eigenvalue weighted by Crippen LogP contribution is 2.02. The summed E-state index contributed by atoms with van der Waals surface area (Å²) >= 11 is 0. The molecule has 6 N–H and O–H groups in total. The number of guanidine groups is 1. The standard InChI is InChI=1S/C28H44N4O3/c1-2-3-4-5-6-7-8-9-10-11-12-13-14-15-16-17-18-19-20-23-26(33)32-25(27(34)35)22-21-24-31-28(29)30/h3-4,6-7,9-10,12-13,15-16,18-19,25H,2,5,8,11,14,17,20-24H2,1H3,(H,32,33)(H,34,35)(H4,29,30,31)/b4-3+,7-6+,10-9+,13-12+,16-15+,19-18+. The van der Waals surface area contributed by atoms with Crippen molar-refractivity contribution < 1.29 is 14.7 Å². The third kappa shape index (κ3) is 23.6. The van der Waals surface area contributed by atoms with Gasteiger partial charge in [-0.1, -0.05) is 79.8 Å². The maximum absolute atomic E-state index is 12.0. The van der Waals surface area contributed by atoms with Crippen molar-refractivity contribution in [2.75, 3.05) is 6.54 Å². The van der Waals surface area contributed by atoms with Crippen LogP contribution in [-0.4, -0.2) is 35.5 Å². The number of nitrogens with one attached hydrogen (secondary N) is 1. The second kappa shape index (κ2) is 23.8. The van der Waals surface area contributed by atoms with Gasteiger partial charge >= 0.3 is 5.97 Å². The summed E-state index contributed by atoms with van der Waals surface area (Å²) in [5.74, 6) is -1.37. The molecule has 0 saturated heterocycles. The van der Waals surface area contributed by atoms with Gasteiger partial charge in [0.25, 0.3) is 0 Å². The molecule has 0 rings (SSSR count).